The Morgan fingerprint density at radius 2 is 1.79 bits per heavy atom. The van der Waals surface area contributed by atoms with Gasteiger partial charge in [-0.05, 0) is 32.9 Å². The fraction of sp³-hybridized carbons (Fsp3) is 1.00. The minimum atomic E-state index is -3.29. The Labute approximate surface area is 87.5 Å². The molecule has 4 nitrogen and oxygen atoms in total. The summed E-state index contributed by atoms with van der Waals surface area (Å²) < 4.78 is 21.4. The highest BCUT2D eigenvalue weighted by molar-refractivity contribution is 7.89. The van der Waals surface area contributed by atoms with Crippen LogP contribution >= 0.6 is 0 Å². The zero-order valence-electron chi connectivity index (χ0n) is 9.53. The molecular formula is C9H22N2O2S. The molecular weight excluding hydrogens is 200 g/mol. The van der Waals surface area contributed by atoms with E-state index in [0.29, 0.717) is 18.4 Å². The van der Waals surface area contributed by atoms with Gasteiger partial charge in [-0.3, -0.25) is 0 Å². The van der Waals surface area contributed by atoms with Gasteiger partial charge in [0.25, 0.3) is 0 Å². The highest BCUT2D eigenvalue weighted by atomic mass is 32.2. The van der Waals surface area contributed by atoms with Crippen molar-refractivity contribution >= 4 is 10.0 Å². The van der Waals surface area contributed by atoms with Crippen LogP contribution in [0.25, 0.3) is 0 Å². The van der Waals surface area contributed by atoms with Crippen LogP contribution in [0.5, 0.6) is 0 Å². The molecule has 0 aromatic rings. The second kappa shape index (κ2) is 5.68. The Bertz CT molecular complexity index is 250. The standard InChI is InChI=1S/C9H22N2O2S/c1-8(2)9(3)11(4)6-5-7-14(10,12)13/h8-9H,5-7H2,1-4H3,(H2,10,12,13). The van der Waals surface area contributed by atoms with E-state index in [0.717, 1.165) is 6.54 Å². The average molecular weight is 222 g/mol. The Morgan fingerprint density at radius 3 is 2.14 bits per heavy atom. The molecule has 1 atom stereocenters. The van der Waals surface area contributed by atoms with E-state index in [2.05, 4.69) is 25.7 Å². The summed E-state index contributed by atoms with van der Waals surface area (Å²) in [6, 6.07) is 0.468. The Hall–Kier alpha value is -0.130. The van der Waals surface area contributed by atoms with Crippen molar-refractivity contribution in [3.8, 4) is 0 Å². The first-order valence-electron chi connectivity index (χ1n) is 4.94. The first-order valence-corrected chi connectivity index (χ1v) is 6.66. The molecule has 0 rings (SSSR count). The van der Waals surface area contributed by atoms with Crippen molar-refractivity contribution in [1.29, 1.82) is 0 Å². The van der Waals surface area contributed by atoms with E-state index in [9.17, 15) is 8.42 Å². The summed E-state index contributed by atoms with van der Waals surface area (Å²) in [6.45, 7) is 7.22. The van der Waals surface area contributed by atoms with E-state index < -0.39 is 10.0 Å². The molecule has 0 spiro atoms. The zero-order valence-corrected chi connectivity index (χ0v) is 10.3. The van der Waals surface area contributed by atoms with Gasteiger partial charge in [-0.1, -0.05) is 13.8 Å². The number of sulfonamides is 1. The quantitative estimate of drug-likeness (QED) is 0.717. The van der Waals surface area contributed by atoms with Crippen LogP contribution in [-0.4, -0.2) is 38.7 Å². The number of nitrogens with two attached hydrogens (primary N) is 1. The summed E-state index contributed by atoms with van der Waals surface area (Å²) in [4.78, 5) is 2.16. The first-order chi connectivity index (χ1) is 6.24. The molecule has 2 N–H and O–H groups in total. The SMILES string of the molecule is CC(C)C(C)N(C)CCCS(N)(=O)=O. The molecule has 0 fully saturated rings. The third-order valence-electron chi connectivity index (χ3n) is 2.60. The van der Waals surface area contributed by atoms with Crippen molar-refractivity contribution in [3.63, 3.8) is 0 Å². The third kappa shape index (κ3) is 6.34. The molecule has 0 radical (unpaired) electrons. The van der Waals surface area contributed by atoms with Gasteiger partial charge in [0.2, 0.25) is 10.0 Å². The van der Waals surface area contributed by atoms with Gasteiger partial charge in [0.05, 0.1) is 5.75 Å². The van der Waals surface area contributed by atoms with Crippen molar-refractivity contribution in [1.82, 2.24) is 4.90 Å². The predicted octanol–water partition coefficient (Wildman–Crippen LogP) is 0.641. The number of hydrogen-bond acceptors (Lipinski definition) is 3. The number of primary sulfonamides is 1. The molecule has 0 aliphatic carbocycles. The van der Waals surface area contributed by atoms with E-state index in [1.807, 2.05) is 7.05 Å². The second-order valence-electron chi connectivity index (χ2n) is 4.19. The van der Waals surface area contributed by atoms with Crippen LogP contribution in [0.1, 0.15) is 27.2 Å². The summed E-state index contributed by atoms with van der Waals surface area (Å²) >= 11 is 0. The Morgan fingerprint density at radius 1 is 1.29 bits per heavy atom. The summed E-state index contributed by atoms with van der Waals surface area (Å²) in [5, 5.41) is 4.91. The third-order valence-corrected chi connectivity index (χ3v) is 3.46. The molecule has 0 saturated heterocycles. The van der Waals surface area contributed by atoms with E-state index in [1.54, 1.807) is 0 Å². The fourth-order valence-electron chi connectivity index (χ4n) is 1.23. The molecule has 86 valence electrons. The smallest absolute Gasteiger partial charge is 0.209 e. The predicted molar refractivity (Wildman–Crippen MR) is 59.5 cm³/mol. The van der Waals surface area contributed by atoms with Gasteiger partial charge in [-0.15, -0.1) is 0 Å². The lowest BCUT2D eigenvalue weighted by atomic mass is 10.1. The second-order valence-corrected chi connectivity index (χ2v) is 5.92. The minimum Gasteiger partial charge on any atom is -0.303 e. The van der Waals surface area contributed by atoms with Crippen LogP contribution in [-0.2, 0) is 10.0 Å². The maximum atomic E-state index is 10.7. The Balaban J connectivity index is 3.80. The molecule has 0 saturated carbocycles. The van der Waals surface area contributed by atoms with Crippen LogP contribution in [0.3, 0.4) is 0 Å². The molecule has 0 heterocycles. The van der Waals surface area contributed by atoms with Gasteiger partial charge in [-0.25, -0.2) is 13.6 Å². The largest absolute Gasteiger partial charge is 0.303 e. The fourth-order valence-corrected chi connectivity index (χ4v) is 1.76. The van der Waals surface area contributed by atoms with Gasteiger partial charge in [0, 0.05) is 6.04 Å². The monoisotopic (exact) mass is 222 g/mol. The zero-order chi connectivity index (χ0) is 11.4. The van der Waals surface area contributed by atoms with E-state index in [1.165, 1.54) is 0 Å². The van der Waals surface area contributed by atoms with Gasteiger partial charge in [0.15, 0.2) is 0 Å². The van der Waals surface area contributed by atoms with Crippen LogP contribution in [0.2, 0.25) is 0 Å². The van der Waals surface area contributed by atoms with Crippen LogP contribution < -0.4 is 5.14 Å². The van der Waals surface area contributed by atoms with Gasteiger partial charge in [0.1, 0.15) is 0 Å². The highest BCUT2D eigenvalue weighted by Gasteiger charge is 2.13. The lowest BCUT2D eigenvalue weighted by Gasteiger charge is -2.27. The molecule has 0 aromatic carbocycles. The van der Waals surface area contributed by atoms with Crippen molar-refractivity contribution in [3.05, 3.63) is 0 Å². The number of rotatable bonds is 6. The molecule has 0 aliphatic rings. The van der Waals surface area contributed by atoms with Crippen molar-refractivity contribution in [2.45, 2.75) is 33.2 Å². The van der Waals surface area contributed by atoms with E-state index in [-0.39, 0.29) is 5.75 Å². The van der Waals surface area contributed by atoms with Crippen LogP contribution in [0.15, 0.2) is 0 Å². The van der Waals surface area contributed by atoms with E-state index in [4.69, 9.17) is 5.14 Å². The van der Waals surface area contributed by atoms with Crippen LogP contribution in [0, 0.1) is 5.92 Å². The van der Waals surface area contributed by atoms with Crippen molar-refractivity contribution in [2.24, 2.45) is 11.1 Å². The van der Waals surface area contributed by atoms with Gasteiger partial charge >= 0.3 is 0 Å². The van der Waals surface area contributed by atoms with Crippen LogP contribution in [0.4, 0.5) is 0 Å². The lowest BCUT2D eigenvalue weighted by Crippen LogP contribution is -2.35. The molecule has 0 bridgehead atoms. The number of nitrogens with zero attached hydrogens (tertiary/aromatic N) is 1. The molecule has 1 unspecified atom stereocenters. The van der Waals surface area contributed by atoms with Gasteiger partial charge in [-0.2, -0.15) is 0 Å². The molecule has 0 aliphatic heterocycles. The summed E-state index contributed by atoms with van der Waals surface area (Å²) in [6.07, 6.45) is 0.604. The van der Waals surface area contributed by atoms with Gasteiger partial charge < -0.3 is 4.90 Å². The van der Waals surface area contributed by atoms with Crippen molar-refractivity contribution in [2.75, 3.05) is 19.3 Å². The molecule has 5 heteroatoms. The minimum absolute atomic E-state index is 0.0716. The average Bonchev–Trinajstić information content (AvgIpc) is 2.00. The maximum Gasteiger partial charge on any atom is 0.209 e. The topological polar surface area (TPSA) is 63.4 Å². The maximum absolute atomic E-state index is 10.7. The summed E-state index contributed by atoms with van der Waals surface area (Å²) in [5.74, 6) is 0.650. The van der Waals surface area contributed by atoms with E-state index >= 15 is 0 Å². The lowest BCUT2D eigenvalue weighted by molar-refractivity contribution is 0.209. The summed E-state index contributed by atoms with van der Waals surface area (Å²) in [7, 11) is -1.28. The van der Waals surface area contributed by atoms with Crippen molar-refractivity contribution < 1.29 is 8.42 Å². The molecule has 0 amide bonds. The first kappa shape index (κ1) is 13.9. The number of hydrogen-bond donors (Lipinski definition) is 1. The normalized spacial score (nSPS) is 15.1. The Kier molecular flexibility index (Phi) is 5.63. The molecule has 0 aromatic heterocycles. The molecule has 14 heavy (non-hydrogen) atoms. The highest BCUT2D eigenvalue weighted by Crippen LogP contribution is 2.08. The summed E-state index contributed by atoms with van der Waals surface area (Å²) in [5.41, 5.74) is 0.